The van der Waals surface area contributed by atoms with Crippen LogP contribution in [0.15, 0.2) is 6.20 Å². The Bertz CT molecular complexity index is 420. The van der Waals surface area contributed by atoms with E-state index in [1.807, 2.05) is 6.92 Å². The van der Waals surface area contributed by atoms with E-state index < -0.39 is 0 Å². The highest BCUT2D eigenvalue weighted by Gasteiger charge is 2.28. The third kappa shape index (κ3) is 3.56. The first-order chi connectivity index (χ1) is 8.16. The minimum Gasteiger partial charge on any atom is -0.368 e. The molecule has 6 heteroatoms. The quantitative estimate of drug-likeness (QED) is 0.615. The number of carbonyl (C=O) groups is 1. The number of aryl methyl sites for hydroxylation is 1. The van der Waals surface area contributed by atoms with E-state index in [4.69, 9.17) is 11.6 Å². The third-order valence-electron chi connectivity index (χ3n) is 2.61. The summed E-state index contributed by atoms with van der Waals surface area (Å²) in [5.41, 5.74) is 0.933. The molecule has 0 aliphatic heterocycles. The van der Waals surface area contributed by atoms with Crippen LogP contribution in [-0.2, 0) is 4.79 Å². The van der Waals surface area contributed by atoms with Gasteiger partial charge in [-0.2, -0.15) is 0 Å². The van der Waals surface area contributed by atoms with Crippen LogP contribution in [0.4, 0.5) is 5.82 Å². The predicted octanol–water partition coefficient (Wildman–Crippen LogP) is 1.38. The van der Waals surface area contributed by atoms with Gasteiger partial charge in [0.1, 0.15) is 5.82 Å². The van der Waals surface area contributed by atoms with Gasteiger partial charge in [0.05, 0.1) is 0 Å². The lowest BCUT2D eigenvalue weighted by molar-refractivity contribution is -0.122. The van der Waals surface area contributed by atoms with Gasteiger partial charge in [-0.15, -0.1) is 0 Å². The van der Waals surface area contributed by atoms with Crippen LogP contribution in [0.3, 0.4) is 0 Å². The second-order valence-electron chi connectivity index (χ2n) is 4.16. The number of rotatable bonds is 5. The first kappa shape index (κ1) is 12.1. The zero-order valence-electron chi connectivity index (χ0n) is 9.66. The van der Waals surface area contributed by atoms with Gasteiger partial charge < -0.3 is 10.6 Å². The number of aromatic nitrogens is 2. The Kier molecular flexibility index (Phi) is 3.78. The van der Waals surface area contributed by atoms with Gasteiger partial charge in [0.2, 0.25) is 11.2 Å². The lowest BCUT2D eigenvalue weighted by atomic mass is 10.3. The lowest BCUT2D eigenvalue weighted by Crippen LogP contribution is -2.30. The molecule has 0 saturated heterocycles. The standard InChI is InChI=1S/C11H15ClN4O/c1-7-6-15-11(12)16-9(7)13-4-5-14-10(17)8-2-3-8/h6,8H,2-5H2,1H3,(H,14,17)(H,13,15,16). The summed E-state index contributed by atoms with van der Waals surface area (Å²) in [7, 11) is 0. The van der Waals surface area contributed by atoms with Gasteiger partial charge in [-0.1, -0.05) is 0 Å². The van der Waals surface area contributed by atoms with E-state index in [0.717, 1.165) is 18.4 Å². The summed E-state index contributed by atoms with van der Waals surface area (Å²) >= 11 is 5.70. The van der Waals surface area contributed by atoms with Crippen LogP contribution in [0.2, 0.25) is 5.28 Å². The van der Waals surface area contributed by atoms with Crippen LogP contribution >= 0.6 is 11.6 Å². The van der Waals surface area contributed by atoms with Crippen molar-refractivity contribution in [1.29, 1.82) is 0 Å². The molecule has 1 heterocycles. The van der Waals surface area contributed by atoms with Crippen LogP contribution in [0.25, 0.3) is 0 Å². The summed E-state index contributed by atoms with van der Waals surface area (Å²) in [4.78, 5) is 19.3. The predicted molar refractivity (Wildman–Crippen MR) is 66.0 cm³/mol. The maximum atomic E-state index is 11.4. The molecule has 1 aliphatic carbocycles. The summed E-state index contributed by atoms with van der Waals surface area (Å²) in [6, 6.07) is 0. The van der Waals surface area contributed by atoms with E-state index in [2.05, 4.69) is 20.6 Å². The zero-order chi connectivity index (χ0) is 12.3. The minimum absolute atomic E-state index is 0.157. The van der Waals surface area contributed by atoms with Crippen molar-refractivity contribution < 1.29 is 4.79 Å². The van der Waals surface area contributed by atoms with Crippen LogP contribution in [0.1, 0.15) is 18.4 Å². The maximum absolute atomic E-state index is 11.4. The van der Waals surface area contributed by atoms with Crippen LogP contribution in [-0.4, -0.2) is 29.0 Å². The van der Waals surface area contributed by atoms with E-state index in [-0.39, 0.29) is 17.1 Å². The molecule has 1 aromatic rings. The summed E-state index contributed by atoms with van der Waals surface area (Å²) in [6.07, 6.45) is 3.72. The average Bonchev–Trinajstić information content (AvgIpc) is 3.12. The van der Waals surface area contributed by atoms with E-state index in [0.29, 0.717) is 18.9 Å². The van der Waals surface area contributed by atoms with Crippen molar-refractivity contribution in [3.8, 4) is 0 Å². The van der Waals surface area contributed by atoms with Crippen molar-refractivity contribution in [2.45, 2.75) is 19.8 Å². The first-order valence-electron chi connectivity index (χ1n) is 5.67. The fraction of sp³-hybridized carbons (Fsp3) is 0.545. The van der Waals surface area contributed by atoms with Gasteiger partial charge in [0, 0.05) is 30.8 Å². The second kappa shape index (κ2) is 5.31. The summed E-state index contributed by atoms with van der Waals surface area (Å²) in [5.74, 6) is 1.13. The first-order valence-corrected chi connectivity index (χ1v) is 6.05. The highest BCUT2D eigenvalue weighted by Crippen LogP contribution is 2.28. The van der Waals surface area contributed by atoms with Gasteiger partial charge in [-0.05, 0) is 31.4 Å². The van der Waals surface area contributed by atoms with Gasteiger partial charge in [0.25, 0.3) is 0 Å². The molecular weight excluding hydrogens is 240 g/mol. The van der Waals surface area contributed by atoms with Crippen molar-refractivity contribution in [3.05, 3.63) is 17.0 Å². The average molecular weight is 255 g/mol. The SMILES string of the molecule is Cc1cnc(Cl)nc1NCCNC(=O)C1CC1. The normalized spacial score (nSPS) is 14.5. The highest BCUT2D eigenvalue weighted by molar-refractivity contribution is 6.28. The maximum Gasteiger partial charge on any atom is 0.224 e. The molecule has 1 amide bonds. The number of amides is 1. The van der Waals surface area contributed by atoms with E-state index in [1.54, 1.807) is 6.20 Å². The van der Waals surface area contributed by atoms with Crippen LogP contribution in [0, 0.1) is 12.8 Å². The van der Waals surface area contributed by atoms with E-state index in [1.165, 1.54) is 0 Å². The Morgan fingerprint density at radius 2 is 2.29 bits per heavy atom. The van der Waals surface area contributed by atoms with Gasteiger partial charge in [0.15, 0.2) is 0 Å². The molecule has 1 aliphatic rings. The number of carbonyl (C=O) groups excluding carboxylic acids is 1. The number of nitrogens with one attached hydrogen (secondary N) is 2. The molecular formula is C11H15ClN4O. The molecule has 92 valence electrons. The molecule has 0 atom stereocenters. The molecule has 17 heavy (non-hydrogen) atoms. The molecule has 0 spiro atoms. The Morgan fingerprint density at radius 3 is 3.00 bits per heavy atom. The molecule has 1 aromatic heterocycles. The zero-order valence-corrected chi connectivity index (χ0v) is 10.4. The smallest absolute Gasteiger partial charge is 0.224 e. The molecule has 2 N–H and O–H groups in total. The largest absolute Gasteiger partial charge is 0.368 e. The number of hydrogen-bond acceptors (Lipinski definition) is 4. The molecule has 5 nitrogen and oxygen atoms in total. The molecule has 2 rings (SSSR count). The van der Waals surface area contributed by atoms with Crippen LogP contribution < -0.4 is 10.6 Å². The van der Waals surface area contributed by atoms with Crippen molar-refractivity contribution in [1.82, 2.24) is 15.3 Å². The summed E-state index contributed by atoms with van der Waals surface area (Å²) < 4.78 is 0. The van der Waals surface area contributed by atoms with Crippen molar-refractivity contribution in [2.75, 3.05) is 18.4 Å². The van der Waals surface area contributed by atoms with Crippen LogP contribution in [0.5, 0.6) is 0 Å². The van der Waals surface area contributed by atoms with E-state index in [9.17, 15) is 4.79 Å². The summed E-state index contributed by atoms with van der Waals surface area (Å²) in [6.45, 7) is 3.13. The summed E-state index contributed by atoms with van der Waals surface area (Å²) in [5, 5.41) is 6.21. The van der Waals surface area contributed by atoms with Gasteiger partial charge >= 0.3 is 0 Å². The number of halogens is 1. The number of anilines is 1. The monoisotopic (exact) mass is 254 g/mol. The van der Waals surface area contributed by atoms with Crippen molar-refractivity contribution >= 4 is 23.3 Å². The molecule has 0 aromatic carbocycles. The minimum atomic E-state index is 0.157. The Morgan fingerprint density at radius 1 is 1.53 bits per heavy atom. The number of hydrogen-bond donors (Lipinski definition) is 2. The Hall–Kier alpha value is -1.36. The molecule has 1 saturated carbocycles. The molecule has 0 bridgehead atoms. The van der Waals surface area contributed by atoms with Crippen molar-refractivity contribution in [2.24, 2.45) is 5.92 Å². The fourth-order valence-corrected chi connectivity index (χ4v) is 1.59. The number of nitrogens with zero attached hydrogens (tertiary/aromatic N) is 2. The van der Waals surface area contributed by atoms with E-state index >= 15 is 0 Å². The Labute approximate surface area is 105 Å². The lowest BCUT2D eigenvalue weighted by Gasteiger charge is -2.08. The second-order valence-corrected chi connectivity index (χ2v) is 4.50. The molecule has 0 unspecified atom stereocenters. The fourth-order valence-electron chi connectivity index (χ4n) is 1.46. The highest BCUT2D eigenvalue weighted by atomic mass is 35.5. The van der Waals surface area contributed by atoms with Gasteiger partial charge in [-0.25, -0.2) is 9.97 Å². The topological polar surface area (TPSA) is 66.9 Å². The Balaban J connectivity index is 1.73. The molecule has 1 fully saturated rings. The third-order valence-corrected chi connectivity index (χ3v) is 2.79. The molecule has 0 radical (unpaired) electrons. The van der Waals surface area contributed by atoms with Crippen molar-refractivity contribution in [3.63, 3.8) is 0 Å². The van der Waals surface area contributed by atoms with Gasteiger partial charge in [-0.3, -0.25) is 4.79 Å².